The van der Waals surface area contributed by atoms with Crippen LogP contribution in [0.2, 0.25) is 5.02 Å². The molecular weight excluding hydrogens is 276 g/mol. The van der Waals surface area contributed by atoms with E-state index < -0.39 is 5.91 Å². The predicted molar refractivity (Wildman–Crippen MR) is 78.2 cm³/mol. The first kappa shape index (κ1) is 15.6. The summed E-state index contributed by atoms with van der Waals surface area (Å²) in [7, 11) is 0. The Morgan fingerprint density at radius 1 is 1.55 bits per heavy atom. The number of carbonyl (C=O) groups is 1. The summed E-state index contributed by atoms with van der Waals surface area (Å²) in [6, 6.07) is 6.61. The summed E-state index contributed by atoms with van der Waals surface area (Å²) in [6.07, 6.45) is 5.41. The molecule has 1 rings (SSSR count). The van der Waals surface area contributed by atoms with Gasteiger partial charge in [0.2, 0.25) is 0 Å². The van der Waals surface area contributed by atoms with Crippen molar-refractivity contribution in [2.75, 3.05) is 5.32 Å². The third-order valence-corrected chi connectivity index (χ3v) is 2.97. The van der Waals surface area contributed by atoms with Crippen molar-refractivity contribution in [3.8, 4) is 18.4 Å². The van der Waals surface area contributed by atoms with Crippen molar-refractivity contribution in [3.63, 3.8) is 0 Å². The molecule has 0 spiro atoms. The molecule has 0 bridgehead atoms. The first-order valence-electron chi connectivity index (χ1n) is 5.82. The molecule has 102 valence electrons. The number of aryl methyl sites for hydroxylation is 1. The van der Waals surface area contributed by atoms with Crippen LogP contribution < -0.4 is 5.32 Å². The van der Waals surface area contributed by atoms with Crippen LogP contribution in [0.1, 0.15) is 18.4 Å². The molecule has 0 atom stereocenters. The number of amides is 1. The highest BCUT2D eigenvalue weighted by Crippen LogP contribution is 2.20. The van der Waals surface area contributed by atoms with Gasteiger partial charge in [-0.15, -0.1) is 12.3 Å². The molecular formula is C15H13ClN2O2. The number of carbonyl (C=O) groups excluding carboxylic acids is 1. The zero-order chi connectivity index (χ0) is 15.1. The van der Waals surface area contributed by atoms with Crippen LogP contribution in [0.15, 0.2) is 29.5 Å². The number of aliphatic hydroxyl groups excluding tert-OH is 1. The fraction of sp³-hybridized carbons (Fsp3) is 0.200. The van der Waals surface area contributed by atoms with Crippen LogP contribution in [0.5, 0.6) is 0 Å². The van der Waals surface area contributed by atoms with Gasteiger partial charge in [0.15, 0.2) is 5.57 Å². The molecule has 0 aromatic heterocycles. The molecule has 0 saturated carbocycles. The van der Waals surface area contributed by atoms with Gasteiger partial charge >= 0.3 is 0 Å². The Morgan fingerprint density at radius 3 is 2.80 bits per heavy atom. The van der Waals surface area contributed by atoms with Crippen molar-refractivity contribution < 1.29 is 9.90 Å². The van der Waals surface area contributed by atoms with Crippen LogP contribution in [-0.2, 0) is 4.79 Å². The molecule has 1 amide bonds. The second-order valence-electron chi connectivity index (χ2n) is 4.06. The molecule has 4 nitrogen and oxygen atoms in total. The molecule has 20 heavy (non-hydrogen) atoms. The first-order valence-corrected chi connectivity index (χ1v) is 6.20. The molecule has 0 aliphatic rings. The number of aliphatic hydroxyl groups is 1. The number of hydrogen-bond donors (Lipinski definition) is 2. The lowest BCUT2D eigenvalue weighted by atomic mass is 10.1. The molecule has 0 saturated heterocycles. The zero-order valence-electron chi connectivity index (χ0n) is 10.9. The lowest BCUT2D eigenvalue weighted by Gasteiger charge is -2.07. The van der Waals surface area contributed by atoms with Gasteiger partial charge in [-0.1, -0.05) is 11.6 Å². The Hall–Kier alpha value is -2.43. The van der Waals surface area contributed by atoms with Gasteiger partial charge in [-0.05, 0) is 30.7 Å². The fourth-order valence-electron chi connectivity index (χ4n) is 1.48. The molecule has 0 radical (unpaired) electrons. The first-order chi connectivity index (χ1) is 9.49. The van der Waals surface area contributed by atoms with Crippen molar-refractivity contribution >= 4 is 23.2 Å². The predicted octanol–water partition coefficient (Wildman–Crippen LogP) is 3.34. The standard InChI is InChI=1S/C15H13ClN2O2/c1-3-4-5-14(19)12(9-17)15(20)18-11-6-7-13(16)10(2)8-11/h1,6-8,19H,4-5H2,2H3,(H,18,20)/b14-12-. The van der Waals surface area contributed by atoms with E-state index in [2.05, 4.69) is 11.2 Å². The SMILES string of the molecule is C#CCC/C(O)=C(\C#N)C(=O)Nc1ccc(Cl)c(C)c1. The fourth-order valence-corrected chi connectivity index (χ4v) is 1.60. The summed E-state index contributed by atoms with van der Waals surface area (Å²) in [4.78, 5) is 11.9. The molecule has 5 heteroatoms. The summed E-state index contributed by atoms with van der Waals surface area (Å²) in [6.45, 7) is 1.80. The van der Waals surface area contributed by atoms with Gasteiger partial charge in [0, 0.05) is 23.6 Å². The van der Waals surface area contributed by atoms with Crippen LogP contribution in [-0.4, -0.2) is 11.0 Å². The summed E-state index contributed by atoms with van der Waals surface area (Å²) in [5.74, 6) is 1.34. The van der Waals surface area contributed by atoms with E-state index in [0.29, 0.717) is 10.7 Å². The minimum absolute atomic E-state index is 0.0897. The van der Waals surface area contributed by atoms with E-state index in [1.807, 2.05) is 0 Å². The number of terminal acetylenes is 1. The number of nitrogens with one attached hydrogen (secondary N) is 1. The van der Waals surface area contributed by atoms with Gasteiger partial charge in [-0.3, -0.25) is 4.79 Å². The highest BCUT2D eigenvalue weighted by molar-refractivity contribution is 6.31. The number of nitrogens with zero attached hydrogens (tertiary/aromatic N) is 1. The minimum atomic E-state index is -0.677. The number of rotatable bonds is 4. The van der Waals surface area contributed by atoms with E-state index >= 15 is 0 Å². The molecule has 0 fully saturated rings. The Morgan fingerprint density at radius 2 is 2.25 bits per heavy atom. The second-order valence-corrected chi connectivity index (χ2v) is 4.46. The lowest BCUT2D eigenvalue weighted by Crippen LogP contribution is -2.15. The topological polar surface area (TPSA) is 73.1 Å². The normalized spacial score (nSPS) is 11.0. The van der Waals surface area contributed by atoms with Gasteiger partial charge in [0.1, 0.15) is 11.8 Å². The van der Waals surface area contributed by atoms with Gasteiger partial charge in [-0.2, -0.15) is 5.26 Å². The van der Waals surface area contributed by atoms with Crippen LogP contribution in [0, 0.1) is 30.6 Å². The quantitative estimate of drug-likeness (QED) is 0.386. The summed E-state index contributed by atoms with van der Waals surface area (Å²) >= 11 is 5.88. The van der Waals surface area contributed by atoms with Crippen molar-refractivity contribution in [1.29, 1.82) is 5.26 Å². The molecule has 0 aliphatic heterocycles. The highest BCUT2D eigenvalue weighted by Gasteiger charge is 2.15. The second kappa shape index (κ2) is 7.23. The van der Waals surface area contributed by atoms with Crippen LogP contribution >= 0.6 is 11.6 Å². The summed E-state index contributed by atoms with van der Waals surface area (Å²) in [5, 5.41) is 21.7. The Kier molecular flexibility index (Phi) is 5.65. The Balaban J connectivity index is 2.91. The third kappa shape index (κ3) is 4.05. The summed E-state index contributed by atoms with van der Waals surface area (Å²) < 4.78 is 0. The smallest absolute Gasteiger partial charge is 0.269 e. The maximum Gasteiger partial charge on any atom is 0.269 e. The van der Waals surface area contributed by atoms with Crippen molar-refractivity contribution in [2.45, 2.75) is 19.8 Å². The van der Waals surface area contributed by atoms with Crippen molar-refractivity contribution in [3.05, 3.63) is 40.1 Å². The van der Waals surface area contributed by atoms with Gasteiger partial charge in [0.05, 0.1) is 0 Å². The average molecular weight is 289 g/mol. The van der Waals surface area contributed by atoms with Gasteiger partial charge in [0.25, 0.3) is 5.91 Å². The van der Waals surface area contributed by atoms with Crippen molar-refractivity contribution in [2.24, 2.45) is 0 Å². The van der Waals surface area contributed by atoms with E-state index in [1.165, 1.54) is 0 Å². The zero-order valence-corrected chi connectivity index (χ0v) is 11.7. The van der Waals surface area contributed by atoms with Crippen LogP contribution in [0.25, 0.3) is 0 Å². The Bertz CT molecular complexity index is 636. The maximum absolute atomic E-state index is 11.9. The van der Waals surface area contributed by atoms with Gasteiger partial charge < -0.3 is 10.4 Å². The number of halogens is 1. The average Bonchev–Trinajstić information content (AvgIpc) is 2.41. The van der Waals surface area contributed by atoms with Gasteiger partial charge in [-0.25, -0.2) is 0 Å². The van der Waals surface area contributed by atoms with E-state index in [4.69, 9.17) is 23.3 Å². The molecule has 0 unspecified atom stereocenters. The number of anilines is 1. The van der Waals surface area contributed by atoms with E-state index in [9.17, 15) is 9.90 Å². The van der Waals surface area contributed by atoms with Crippen LogP contribution in [0.3, 0.4) is 0 Å². The van der Waals surface area contributed by atoms with Crippen molar-refractivity contribution in [1.82, 2.24) is 0 Å². The van der Waals surface area contributed by atoms with Crippen LogP contribution in [0.4, 0.5) is 5.69 Å². The minimum Gasteiger partial charge on any atom is -0.511 e. The number of hydrogen-bond acceptors (Lipinski definition) is 3. The van der Waals surface area contributed by atoms with E-state index in [1.54, 1.807) is 31.2 Å². The van der Waals surface area contributed by atoms with E-state index in [-0.39, 0.29) is 24.2 Å². The molecule has 0 aliphatic carbocycles. The largest absolute Gasteiger partial charge is 0.511 e. The lowest BCUT2D eigenvalue weighted by molar-refractivity contribution is -0.112. The molecule has 1 aromatic carbocycles. The molecule has 1 aromatic rings. The third-order valence-electron chi connectivity index (χ3n) is 2.55. The number of benzene rings is 1. The number of allylic oxidation sites excluding steroid dienone is 1. The molecule has 0 heterocycles. The maximum atomic E-state index is 11.9. The Labute approximate surface area is 122 Å². The highest BCUT2D eigenvalue weighted by atomic mass is 35.5. The monoisotopic (exact) mass is 288 g/mol. The number of nitriles is 1. The molecule has 2 N–H and O–H groups in total. The summed E-state index contributed by atoms with van der Waals surface area (Å²) in [5.41, 5.74) is 0.950. The van der Waals surface area contributed by atoms with E-state index in [0.717, 1.165) is 5.56 Å².